The summed E-state index contributed by atoms with van der Waals surface area (Å²) in [5.41, 5.74) is 6.79. The average Bonchev–Trinajstić information content (AvgIpc) is 2.42. The number of hydrogen-bond acceptors (Lipinski definition) is 4. The number of aryl methyl sites for hydroxylation is 1. The maximum absolute atomic E-state index is 12.0. The minimum absolute atomic E-state index is 0.0608. The summed E-state index contributed by atoms with van der Waals surface area (Å²) in [5, 5.41) is 4.19. The van der Waals surface area contributed by atoms with Crippen LogP contribution >= 0.6 is 15.9 Å². The van der Waals surface area contributed by atoms with Gasteiger partial charge in [-0.25, -0.2) is 4.68 Å². The van der Waals surface area contributed by atoms with Gasteiger partial charge in [0, 0.05) is 25.7 Å². The van der Waals surface area contributed by atoms with Crippen LogP contribution in [0.1, 0.15) is 26.7 Å². The van der Waals surface area contributed by atoms with Crippen LogP contribution in [-0.4, -0.2) is 28.9 Å². The lowest BCUT2D eigenvalue weighted by molar-refractivity contribution is 0.354. The van der Waals surface area contributed by atoms with Crippen LogP contribution in [0.5, 0.6) is 0 Å². The summed E-state index contributed by atoms with van der Waals surface area (Å²) in [6, 6.07) is 0.247. The molecule has 2 N–H and O–H groups in total. The minimum Gasteiger partial charge on any atom is -0.369 e. The van der Waals surface area contributed by atoms with Crippen LogP contribution in [-0.2, 0) is 6.54 Å². The van der Waals surface area contributed by atoms with Crippen LogP contribution in [0.4, 0.5) is 5.69 Å². The molecule has 1 aromatic rings. The Hall–Kier alpha value is -0.880. The monoisotopic (exact) mass is 328 g/mol. The fourth-order valence-corrected chi connectivity index (χ4v) is 3.13. The van der Waals surface area contributed by atoms with Gasteiger partial charge in [0.1, 0.15) is 4.47 Å². The van der Waals surface area contributed by atoms with E-state index in [9.17, 15) is 4.79 Å². The van der Waals surface area contributed by atoms with Gasteiger partial charge in [0.15, 0.2) is 0 Å². The molecule has 1 aliphatic rings. The van der Waals surface area contributed by atoms with Gasteiger partial charge in [-0.05, 0) is 48.5 Å². The van der Waals surface area contributed by atoms with E-state index in [4.69, 9.17) is 5.73 Å². The van der Waals surface area contributed by atoms with Gasteiger partial charge in [-0.1, -0.05) is 0 Å². The molecule has 0 radical (unpaired) electrons. The van der Waals surface area contributed by atoms with Gasteiger partial charge in [0.25, 0.3) is 5.56 Å². The van der Waals surface area contributed by atoms with Gasteiger partial charge in [0.2, 0.25) is 0 Å². The first-order valence-electron chi connectivity index (χ1n) is 6.80. The second-order valence-electron chi connectivity index (χ2n) is 5.15. The van der Waals surface area contributed by atoms with Crippen molar-refractivity contribution < 1.29 is 0 Å². The van der Waals surface area contributed by atoms with Gasteiger partial charge in [0.05, 0.1) is 11.9 Å². The van der Waals surface area contributed by atoms with E-state index in [-0.39, 0.29) is 11.6 Å². The first kappa shape index (κ1) is 14.5. The number of hydrogen-bond donors (Lipinski definition) is 1. The Labute approximate surface area is 121 Å². The third-order valence-electron chi connectivity index (χ3n) is 3.89. The fourth-order valence-electron chi connectivity index (χ4n) is 2.57. The van der Waals surface area contributed by atoms with Crippen molar-refractivity contribution in [2.24, 2.45) is 11.7 Å². The number of aromatic nitrogens is 2. The number of rotatable bonds is 3. The van der Waals surface area contributed by atoms with Crippen molar-refractivity contribution in [1.29, 1.82) is 0 Å². The van der Waals surface area contributed by atoms with Crippen molar-refractivity contribution in [1.82, 2.24) is 9.78 Å². The Kier molecular flexibility index (Phi) is 4.62. The van der Waals surface area contributed by atoms with Crippen molar-refractivity contribution in [2.45, 2.75) is 39.3 Å². The highest BCUT2D eigenvalue weighted by Crippen LogP contribution is 2.27. The summed E-state index contributed by atoms with van der Waals surface area (Å²) in [7, 11) is 0. The number of anilines is 1. The molecule has 5 nitrogen and oxygen atoms in total. The molecule has 0 bridgehead atoms. The molecule has 1 aromatic heterocycles. The van der Waals surface area contributed by atoms with Gasteiger partial charge in [-0.3, -0.25) is 4.79 Å². The molecular formula is C13H21BrN4O. The summed E-state index contributed by atoms with van der Waals surface area (Å²) in [5.74, 6) is 0.582. The lowest BCUT2D eigenvalue weighted by atomic mass is 9.91. The van der Waals surface area contributed by atoms with Crippen LogP contribution < -0.4 is 16.2 Å². The van der Waals surface area contributed by atoms with Crippen LogP contribution in [0.3, 0.4) is 0 Å². The number of nitrogens with zero attached hydrogens (tertiary/aromatic N) is 3. The van der Waals surface area contributed by atoms with Crippen LogP contribution in [0.25, 0.3) is 0 Å². The summed E-state index contributed by atoms with van der Waals surface area (Å²) < 4.78 is 2.08. The molecule has 2 heterocycles. The molecule has 1 fully saturated rings. The molecule has 0 aromatic carbocycles. The van der Waals surface area contributed by atoms with Gasteiger partial charge in [-0.15, -0.1) is 0 Å². The topological polar surface area (TPSA) is 64.2 Å². The van der Waals surface area contributed by atoms with E-state index < -0.39 is 0 Å². The van der Waals surface area contributed by atoms with E-state index in [2.05, 4.69) is 32.9 Å². The Morgan fingerprint density at radius 3 is 2.68 bits per heavy atom. The lowest BCUT2D eigenvalue weighted by Crippen LogP contribution is -2.40. The van der Waals surface area contributed by atoms with Crippen LogP contribution in [0.15, 0.2) is 15.5 Å². The summed E-state index contributed by atoms with van der Waals surface area (Å²) in [6.07, 6.45) is 3.92. The molecule has 106 valence electrons. The zero-order valence-electron chi connectivity index (χ0n) is 11.5. The van der Waals surface area contributed by atoms with E-state index in [0.717, 1.165) is 31.6 Å². The van der Waals surface area contributed by atoms with E-state index >= 15 is 0 Å². The Morgan fingerprint density at radius 2 is 2.16 bits per heavy atom. The fraction of sp³-hybridized carbons (Fsp3) is 0.692. The van der Waals surface area contributed by atoms with E-state index in [1.54, 1.807) is 6.20 Å². The number of halogens is 1. The predicted molar refractivity (Wildman–Crippen MR) is 80.5 cm³/mol. The molecule has 2 rings (SSSR count). The zero-order chi connectivity index (χ0) is 14.0. The van der Waals surface area contributed by atoms with Crippen LogP contribution in [0.2, 0.25) is 0 Å². The average molecular weight is 329 g/mol. The maximum atomic E-state index is 12.0. The van der Waals surface area contributed by atoms with E-state index in [0.29, 0.717) is 16.9 Å². The molecule has 0 spiro atoms. The molecule has 0 aliphatic carbocycles. The lowest BCUT2D eigenvalue weighted by Gasteiger charge is -2.35. The van der Waals surface area contributed by atoms with Crippen molar-refractivity contribution in [3.05, 3.63) is 21.0 Å². The minimum atomic E-state index is -0.0608. The first-order valence-corrected chi connectivity index (χ1v) is 7.60. The van der Waals surface area contributed by atoms with Crippen molar-refractivity contribution in [2.75, 3.05) is 18.0 Å². The summed E-state index contributed by atoms with van der Waals surface area (Å²) in [4.78, 5) is 14.3. The first-order chi connectivity index (χ1) is 9.04. The summed E-state index contributed by atoms with van der Waals surface area (Å²) in [6.45, 7) is 6.43. The van der Waals surface area contributed by atoms with Gasteiger partial charge in [-0.2, -0.15) is 5.10 Å². The maximum Gasteiger partial charge on any atom is 0.283 e. The third-order valence-corrected chi connectivity index (χ3v) is 4.64. The van der Waals surface area contributed by atoms with Crippen molar-refractivity contribution in [3.8, 4) is 0 Å². The van der Waals surface area contributed by atoms with Gasteiger partial charge >= 0.3 is 0 Å². The van der Waals surface area contributed by atoms with Crippen LogP contribution in [0, 0.1) is 5.92 Å². The zero-order valence-corrected chi connectivity index (χ0v) is 13.1. The number of nitrogens with two attached hydrogens (primary N) is 1. The number of piperidine rings is 1. The molecule has 19 heavy (non-hydrogen) atoms. The Bertz CT molecular complexity index is 492. The quantitative estimate of drug-likeness (QED) is 0.915. The van der Waals surface area contributed by atoms with Crippen molar-refractivity contribution in [3.63, 3.8) is 0 Å². The van der Waals surface area contributed by atoms with E-state index in [1.807, 2.05) is 6.92 Å². The van der Waals surface area contributed by atoms with Gasteiger partial charge < -0.3 is 10.6 Å². The molecule has 0 amide bonds. The highest BCUT2D eigenvalue weighted by Gasteiger charge is 2.24. The normalized spacial score (nSPS) is 18.6. The molecule has 0 saturated carbocycles. The standard InChI is InChI=1S/C13H21BrN4O/c1-3-18-13(19)12(14)11(8-16-18)17-6-4-10(5-7-17)9(2)15/h8-10H,3-7,15H2,1-2H3. The smallest absolute Gasteiger partial charge is 0.283 e. The Morgan fingerprint density at radius 1 is 1.53 bits per heavy atom. The molecule has 1 atom stereocenters. The predicted octanol–water partition coefficient (Wildman–Crippen LogP) is 1.59. The highest BCUT2D eigenvalue weighted by atomic mass is 79.9. The Balaban J connectivity index is 2.16. The summed E-state index contributed by atoms with van der Waals surface area (Å²) >= 11 is 3.41. The largest absolute Gasteiger partial charge is 0.369 e. The van der Waals surface area contributed by atoms with E-state index in [1.165, 1.54) is 4.68 Å². The second kappa shape index (κ2) is 6.05. The van der Waals surface area contributed by atoms with Crippen molar-refractivity contribution >= 4 is 21.6 Å². The molecular weight excluding hydrogens is 308 g/mol. The second-order valence-corrected chi connectivity index (χ2v) is 5.94. The molecule has 1 saturated heterocycles. The molecule has 6 heteroatoms. The third kappa shape index (κ3) is 3.00. The highest BCUT2D eigenvalue weighted by molar-refractivity contribution is 9.10. The molecule has 1 unspecified atom stereocenters. The molecule has 1 aliphatic heterocycles. The SMILES string of the molecule is CCn1ncc(N2CCC(C(C)N)CC2)c(Br)c1=O.